The summed E-state index contributed by atoms with van der Waals surface area (Å²) in [6.07, 6.45) is 1.66. The number of carbonyl (C=O) groups is 3. The molecule has 0 aliphatic rings. The van der Waals surface area contributed by atoms with E-state index in [1.165, 1.54) is 11.8 Å². The summed E-state index contributed by atoms with van der Waals surface area (Å²) in [5.74, 6) is -1.03. The Labute approximate surface area is 302 Å². The molecular weight excluding hydrogens is 651 g/mol. The van der Waals surface area contributed by atoms with Crippen molar-refractivity contribution in [3.8, 4) is 11.1 Å². The van der Waals surface area contributed by atoms with E-state index >= 15 is 0 Å². The third-order valence-electron chi connectivity index (χ3n) is 8.27. The van der Waals surface area contributed by atoms with Crippen LogP contribution in [0.2, 0.25) is 0 Å². The second-order valence-electron chi connectivity index (χ2n) is 12.0. The molecule has 1 unspecified atom stereocenters. The molecule has 252 valence electrons. The number of rotatable bonds is 11. The van der Waals surface area contributed by atoms with Crippen LogP contribution in [0, 0.1) is 13.8 Å². The monoisotopic (exact) mass is 687 g/mol. The number of para-hydroxylation sites is 1. The van der Waals surface area contributed by atoms with E-state index in [0.29, 0.717) is 11.3 Å². The van der Waals surface area contributed by atoms with E-state index < -0.39 is 17.1 Å². The molecule has 0 bridgehead atoms. The van der Waals surface area contributed by atoms with Gasteiger partial charge < -0.3 is 16.0 Å². The average Bonchev–Trinajstić information content (AvgIpc) is 3.16. The molecule has 0 saturated carbocycles. The van der Waals surface area contributed by atoms with Gasteiger partial charge in [-0.3, -0.25) is 14.4 Å². The van der Waals surface area contributed by atoms with E-state index in [-0.39, 0.29) is 11.6 Å². The van der Waals surface area contributed by atoms with Gasteiger partial charge >= 0.3 is 0 Å². The Morgan fingerprint density at radius 1 is 0.608 bits per heavy atom. The van der Waals surface area contributed by atoms with Crippen molar-refractivity contribution in [2.45, 2.75) is 24.0 Å². The summed E-state index contributed by atoms with van der Waals surface area (Å²) >= 11 is 1.39. The third kappa shape index (κ3) is 9.09. The zero-order valence-electron chi connectivity index (χ0n) is 28.3. The number of hydrogen-bond donors (Lipinski definition) is 3. The molecule has 3 N–H and O–H groups in total. The van der Waals surface area contributed by atoms with Gasteiger partial charge in [0.2, 0.25) is 5.91 Å². The van der Waals surface area contributed by atoms with Gasteiger partial charge in [-0.2, -0.15) is 0 Å². The smallest absolute Gasteiger partial charge is 0.272 e. The van der Waals surface area contributed by atoms with Gasteiger partial charge in [0, 0.05) is 21.8 Å². The summed E-state index contributed by atoms with van der Waals surface area (Å²) in [5, 5.41) is 8.36. The predicted molar refractivity (Wildman–Crippen MR) is 208 cm³/mol. The van der Waals surface area contributed by atoms with Crippen LogP contribution in [0.15, 0.2) is 168 Å². The molecule has 1 atom stereocenters. The van der Waals surface area contributed by atoms with Crippen LogP contribution in [-0.2, 0) is 9.59 Å². The zero-order valence-corrected chi connectivity index (χ0v) is 29.1. The largest absolute Gasteiger partial charge is 0.324 e. The van der Waals surface area contributed by atoms with Gasteiger partial charge in [-0.15, -0.1) is 11.8 Å². The average molecular weight is 688 g/mol. The molecule has 6 aromatic carbocycles. The summed E-state index contributed by atoms with van der Waals surface area (Å²) in [5.41, 5.74) is 7.54. The van der Waals surface area contributed by atoms with E-state index in [0.717, 1.165) is 44.0 Å². The van der Waals surface area contributed by atoms with Gasteiger partial charge in [-0.25, -0.2) is 0 Å². The number of carbonyl (C=O) groups excluding carboxylic acids is 3. The van der Waals surface area contributed by atoms with Gasteiger partial charge in [-0.1, -0.05) is 127 Å². The molecule has 0 fully saturated rings. The Morgan fingerprint density at radius 3 is 1.86 bits per heavy atom. The van der Waals surface area contributed by atoms with Crippen LogP contribution in [0.25, 0.3) is 17.2 Å². The fourth-order valence-electron chi connectivity index (χ4n) is 5.59. The molecule has 0 heterocycles. The third-order valence-corrected chi connectivity index (χ3v) is 9.52. The van der Waals surface area contributed by atoms with Crippen molar-refractivity contribution in [3.63, 3.8) is 0 Å². The molecule has 0 aliphatic heterocycles. The number of amides is 3. The van der Waals surface area contributed by atoms with Crippen LogP contribution in [0.4, 0.5) is 11.4 Å². The second kappa shape index (κ2) is 16.5. The highest BCUT2D eigenvalue weighted by molar-refractivity contribution is 8.00. The van der Waals surface area contributed by atoms with Crippen LogP contribution in [0.5, 0.6) is 0 Å². The van der Waals surface area contributed by atoms with E-state index in [1.807, 2.05) is 141 Å². The predicted octanol–water partition coefficient (Wildman–Crippen LogP) is 9.85. The van der Waals surface area contributed by atoms with Gasteiger partial charge in [-0.05, 0) is 83.6 Å². The number of benzene rings is 6. The van der Waals surface area contributed by atoms with Crippen molar-refractivity contribution in [2.24, 2.45) is 0 Å². The lowest BCUT2D eigenvalue weighted by Gasteiger charge is -2.19. The fraction of sp³-hybridized carbons (Fsp3) is 0.0682. The highest BCUT2D eigenvalue weighted by Gasteiger charge is 2.24. The lowest BCUT2D eigenvalue weighted by atomic mass is 10.0. The molecule has 0 spiro atoms. The van der Waals surface area contributed by atoms with Crippen LogP contribution in [-0.4, -0.2) is 17.7 Å². The number of aryl methyl sites for hydroxylation is 2. The van der Waals surface area contributed by atoms with Crippen molar-refractivity contribution in [3.05, 3.63) is 191 Å². The van der Waals surface area contributed by atoms with Gasteiger partial charge in [0.05, 0.1) is 0 Å². The zero-order chi connectivity index (χ0) is 35.6. The molecule has 3 amide bonds. The first-order chi connectivity index (χ1) is 24.8. The molecule has 0 aliphatic carbocycles. The molecule has 6 rings (SSSR count). The van der Waals surface area contributed by atoms with Crippen molar-refractivity contribution in [2.75, 3.05) is 10.6 Å². The van der Waals surface area contributed by atoms with Crippen LogP contribution in [0.1, 0.15) is 37.9 Å². The Bertz CT molecular complexity index is 2150. The molecule has 0 radical (unpaired) electrons. The van der Waals surface area contributed by atoms with Crippen LogP contribution >= 0.6 is 11.8 Å². The Kier molecular flexibility index (Phi) is 11.2. The minimum atomic E-state index is -0.560. The first-order valence-corrected chi connectivity index (χ1v) is 17.5. The van der Waals surface area contributed by atoms with Crippen molar-refractivity contribution >= 4 is 46.9 Å². The molecule has 0 aromatic heterocycles. The summed E-state index contributed by atoms with van der Waals surface area (Å²) in [7, 11) is 0. The van der Waals surface area contributed by atoms with Crippen LogP contribution < -0.4 is 16.0 Å². The number of nitrogens with one attached hydrogen (secondary N) is 3. The van der Waals surface area contributed by atoms with Crippen LogP contribution in [0.3, 0.4) is 0 Å². The fourth-order valence-corrected chi connectivity index (χ4v) is 6.68. The van der Waals surface area contributed by atoms with E-state index in [2.05, 4.69) is 16.0 Å². The lowest BCUT2D eigenvalue weighted by Crippen LogP contribution is -2.30. The Morgan fingerprint density at radius 2 is 1.20 bits per heavy atom. The molecule has 6 aromatic rings. The van der Waals surface area contributed by atoms with Crippen molar-refractivity contribution in [1.82, 2.24) is 5.32 Å². The SMILES string of the molecule is Cc1cccc(C)c1NC(=O)C(Sc1cccc(NC(=O)/C(=C\c2ccc(-c3ccccc3)cc2)NC(=O)c2ccccc2)c1)c1ccccc1. The molecule has 0 saturated heterocycles. The summed E-state index contributed by atoms with van der Waals surface area (Å²) in [4.78, 5) is 41.7. The topological polar surface area (TPSA) is 87.3 Å². The standard InChI is InChI=1S/C44H37N3O3S/c1-30-14-12-15-31(2)40(30)47-44(50)41(35-18-8-4-9-19-35)51-38-23-13-22-37(29-38)45-43(49)39(46-42(48)36-20-10-5-11-21-36)28-32-24-26-34(27-25-32)33-16-6-3-7-17-33/h3-29,41H,1-2H3,(H,45,49)(H,46,48)(H,47,50)/b39-28+. The maximum absolute atomic E-state index is 13.8. The highest BCUT2D eigenvalue weighted by Crippen LogP contribution is 2.38. The maximum Gasteiger partial charge on any atom is 0.272 e. The molecule has 7 heteroatoms. The molecule has 51 heavy (non-hydrogen) atoms. The number of anilines is 2. The van der Waals surface area contributed by atoms with E-state index in [1.54, 1.807) is 36.4 Å². The molecule has 6 nitrogen and oxygen atoms in total. The van der Waals surface area contributed by atoms with Crippen molar-refractivity contribution < 1.29 is 14.4 Å². The van der Waals surface area contributed by atoms with Gasteiger partial charge in [0.1, 0.15) is 10.9 Å². The summed E-state index contributed by atoms with van der Waals surface area (Å²) in [6, 6.07) is 49.5. The first-order valence-electron chi connectivity index (χ1n) is 16.6. The highest BCUT2D eigenvalue weighted by atomic mass is 32.2. The minimum Gasteiger partial charge on any atom is -0.324 e. The van der Waals surface area contributed by atoms with Crippen molar-refractivity contribution in [1.29, 1.82) is 0 Å². The molecular formula is C44H37N3O3S. The summed E-state index contributed by atoms with van der Waals surface area (Å²) < 4.78 is 0. The summed E-state index contributed by atoms with van der Waals surface area (Å²) in [6.45, 7) is 3.95. The van der Waals surface area contributed by atoms with E-state index in [4.69, 9.17) is 0 Å². The quantitative estimate of drug-likeness (QED) is 0.0935. The van der Waals surface area contributed by atoms with Gasteiger partial charge in [0.15, 0.2) is 0 Å². The normalized spacial score (nSPS) is 11.7. The van der Waals surface area contributed by atoms with E-state index in [9.17, 15) is 14.4 Å². The Hall–Kier alpha value is -6.18. The number of thioether (sulfide) groups is 1. The first kappa shape index (κ1) is 34.7. The maximum atomic E-state index is 13.8. The Balaban J connectivity index is 1.24. The lowest BCUT2D eigenvalue weighted by molar-refractivity contribution is -0.116. The minimum absolute atomic E-state index is 0.0875. The second-order valence-corrected chi connectivity index (χ2v) is 13.2. The van der Waals surface area contributed by atoms with Gasteiger partial charge in [0.25, 0.3) is 11.8 Å². The number of hydrogen-bond acceptors (Lipinski definition) is 4.